The number of nitrogens with one attached hydrogen (secondary N) is 5. The first kappa shape index (κ1) is 39.3. The van der Waals surface area contributed by atoms with Crippen LogP contribution in [-0.2, 0) is 43.4 Å². The molecule has 15 nitrogen and oxygen atoms in total. The number of methoxy groups -OCH3 is 1. The van der Waals surface area contributed by atoms with Crippen molar-refractivity contribution >= 4 is 29.5 Å². The van der Waals surface area contributed by atoms with E-state index in [1.165, 1.54) is 13.4 Å². The van der Waals surface area contributed by atoms with Gasteiger partial charge in [-0.3, -0.25) is 28.7 Å². The molecule has 2 aromatic carbocycles. The Hall–Kier alpha value is -5.47. The van der Waals surface area contributed by atoms with E-state index in [1.54, 1.807) is 17.1 Å². The molecule has 5 N–H and O–H groups in total. The molecule has 5 amide bonds. The lowest BCUT2D eigenvalue weighted by atomic mass is 10.00. The van der Waals surface area contributed by atoms with Crippen LogP contribution < -0.4 is 36.1 Å². The summed E-state index contributed by atoms with van der Waals surface area (Å²) in [7, 11) is 1.52. The summed E-state index contributed by atoms with van der Waals surface area (Å²) in [6.45, 7) is 4.46. The van der Waals surface area contributed by atoms with E-state index < -0.39 is 29.9 Å². The zero-order valence-electron chi connectivity index (χ0n) is 30.1. The van der Waals surface area contributed by atoms with Crippen molar-refractivity contribution in [3.63, 3.8) is 0 Å². The highest BCUT2D eigenvalue weighted by Gasteiger charge is 2.31. The van der Waals surface area contributed by atoms with E-state index in [-0.39, 0.29) is 56.1 Å². The number of carbonyl (C=O) groups is 5. The number of amides is 5. The van der Waals surface area contributed by atoms with Gasteiger partial charge in [-0.2, -0.15) is 5.10 Å². The van der Waals surface area contributed by atoms with Gasteiger partial charge in [0, 0.05) is 32.5 Å². The topological polar surface area (TPSA) is 195 Å². The van der Waals surface area contributed by atoms with Crippen molar-refractivity contribution in [1.29, 1.82) is 0 Å². The Kier molecular flexibility index (Phi) is 15.4. The van der Waals surface area contributed by atoms with Gasteiger partial charge in [-0.1, -0.05) is 50.2 Å². The maximum Gasteiger partial charge on any atom is 0.257 e. The third-order valence-electron chi connectivity index (χ3n) is 8.59. The summed E-state index contributed by atoms with van der Waals surface area (Å²) in [5.41, 5.74) is 1.74. The van der Waals surface area contributed by atoms with Crippen LogP contribution in [0.4, 0.5) is 0 Å². The Balaban J connectivity index is 1.54. The highest BCUT2D eigenvalue weighted by atomic mass is 16.5. The van der Waals surface area contributed by atoms with Crippen molar-refractivity contribution in [1.82, 2.24) is 41.3 Å². The zero-order valence-corrected chi connectivity index (χ0v) is 30.1. The second kappa shape index (κ2) is 20.4. The Labute approximate surface area is 304 Å². The molecule has 0 radical (unpaired) electrons. The fraction of sp³-hybridized carbons (Fsp3) is 0.486. The van der Waals surface area contributed by atoms with Crippen LogP contribution in [0, 0.1) is 5.92 Å². The van der Waals surface area contributed by atoms with E-state index in [1.807, 2.05) is 56.3 Å². The van der Waals surface area contributed by atoms with Crippen LogP contribution in [0.5, 0.6) is 11.5 Å². The van der Waals surface area contributed by atoms with Crippen molar-refractivity contribution in [3.05, 3.63) is 72.3 Å². The monoisotopic (exact) mass is 718 g/mol. The van der Waals surface area contributed by atoms with Gasteiger partial charge in [-0.25, -0.2) is 4.98 Å². The summed E-state index contributed by atoms with van der Waals surface area (Å²) in [6, 6.07) is 11.8. The number of aryl methyl sites for hydroxylation is 2. The molecule has 0 fully saturated rings. The second-order valence-electron chi connectivity index (χ2n) is 13.0. The Morgan fingerprint density at radius 2 is 1.79 bits per heavy atom. The first-order chi connectivity index (χ1) is 25.1. The first-order valence-electron chi connectivity index (χ1n) is 17.7. The smallest absolute Gasteiger partial charge is 0.257 e. The van der Waals surface area contributed by atoms with Crippen molar-refractivity contribution in [2.75, 3.05) is 26.8 Å². The molecule has 4 rings (SSSR count). The molecule has 1 aliphatic heterocycles. The average molecular weight is 719 g/mol. The fourth-order valence-electron chi connectivity index (χ4n) is 5.74. The summed E-state index contributed by atoms with van der Waals surface area (Å²) in [6.07, 6.45) is 5.46. The van der Waals surface area contributed by atoms with Crippen LogP contribution >= 0.6 is 0 Å². The van der Waals surface area contributed by atoms with Crippen LogP contribution in [-0.4, -0.2) is 89.2 Å². The van der Waals surface area contributed by atoms with Crippen molar-refractivity contribution in [2.45, 2.75) is 83.5 Å². The fourth-order valence-corrected chi connectivity index (χ4v) is 5.74. The van der Waals surface area contributed by atoms with E-state index in [2.05, 4.69) is 36.7 Å². The van der Waals surface area contributed by atoms with Crippen LogP contribution in [0.1, 0.15) is 57.1 Å². The van der Waals surface area contributed by atoms with Gasteiger partial charge in [0.15, 0.2) is 18.1 Å². The predicted octanol–water partition coefficient (Wildman–Crippen LogP) is 1.46. The number of nitrogens with zero attached hydrogens (tertiary/aromatic N) is 3. The lowest BCUT2D eigenvalue weighted by molar-refractivity contribution is -0.134. The highest BCUT2D eigenvalue weighted by Crippen LogP contribution is 2.28. The Morgan fingerprint density at radius 1 is 1.00 bits per heavy atom. The number of fused-ring (bicyclic) bond motifs is 2. The summed E-state index contributed by atoms with van der Waals surface area (Å²) in [4.78, 5) is 70.7. The SMILES string of the molecule is COc1ccc2cc1OCC(=O)NCCC[C@H](NC(=O)CCCn1cncn1)C(=O)N[C@@H](Cc1ccccc1)C(=O)N[C@H](C(C)C)C(=O)NCCC2. The van der Waals surface area contributed by atoms with Gasteiger partial charge in [0.1, 0.15) is 30.8 Å². The van der Waals surface area contributed by atoms with Gasteiger partial charge >= 0.3 is 0 Å². The van der Waals surface area contributed by atoms with Gasteiger partial charge < -0.3 is 36.1 Å². The molecule has 1 aromatic heterocycles. The number of benzene rings is 2. The van der Waals surface area contributed by atoms with Gasteiger partial charge in [0.25, 0.3) is 5.91 Å². The minimum Gasteiger partial charge on any atom is -0.493 e. The van der Waals surface area contributed by atoms with E-state index >= 15 is 0 Å². The van der Waals surface area contributed by atoms with Crippen molar-refractivity contribution < 1.29 is 33.4 Å². The van der Waals surface area contributed by atoms with E-state index in [4.69, 9.17) is 9.47 Å². The summed E-state index contributed by atoms with van der Waals surface area (Å²) < 4.78 is 12.8. The van der Waals surface area contributed by atoms with E-state index in [0.29, 0.717) is 50.3 Å². The van der Waals surface area contributed by atoms with Crippen LogP contribution in [0.3, 0.4) is 0 Å². The third-order valence-corrected chi connectivity index (χ3v) is 8.59. The number of aromatic nitrogens is 3. The molecule has 2 bridgehead atoms. The van der Waals surface area contributed by atoms with Crippen molar-refractivity contribution in [3.8, 4) is 11.5 Å². The lowest BCUT2D eigenvalue weighted by Gasteiger charge is -2.27. The molecular weight excluding hydrogens is 668 g/mol. The molecule has 2 heterocycles. The van der Waals surface area contributed by atoms with Gasteiger partial charge in [-0.05, 0) is 61.3 Å². The quantitative estimate of drug-likeness (QED) is 0.218. The molecule has 0 saturated carbocycles. The molecule has 0 aliphatic carbocycles. The molecule has 0 saturated heterocycles. The lowest BCUT2D eigenvalue weighted by Crippen LogP contribution is -2.58. The van der Waals surface area contributed by atoms with E-state index in [0.717, 1.165) is 11.1 Å². The zero-order chi connectivity index (χ0) is 37.3. The van der Waals surface area contributed by atoms with E-state index in [9.17, 15) is 24.0 Å². The van der Waals surface area contributed by atoms with Gasteiger partial charge in [-0.15, -0.1) is 0 Å². The number of carbonyl (C=O) groups excluding carboxylic acids is 5. The minimum atomic E-state index is -1.05. The molecular formula is C37H50N8O7. The molecule has 0 unspecified atom stereocenters. The minimum absolute atomic E-state index is 0.126. The summed E-state index contributed by atoms with van der Waals surface area (Å²) in [5.74, 6) is -1.49. The molecule has 1 aliphatic rings. The van der Waals surface area contributed by atoms with Gasteiger partial charge in [0.05, 0.1) is 7.11 Å². The summed E-state index contributed by atoms with van der Waals surface area (Å²) >= 11 is 0. The number of ether oxygens (including phenoxy) is 2. The average Bonchev–Trinajstić information content (AvgIpc) is 3.66. The van der Waals surface area contributed by atoms with Crippen LogP contribution in [0.2, 0.25) is 0 Å². The van der Waals surface area contributed by atoms with Crippen LogP contribution in [0.25, 0.3) is 0 Å². The highest BCUT2D eigenvalue weighted by molar-refractivity contribution is 5.94. The molecule has 3 aromatic rings. The Bertz CT molecular complexity index is 1620. The molecule has 280 valence electrons. The third kappa shape index (κ3) is 12.7. The maximum absolute atomic E-state index is 13.9. The number of hydrogen-bond donors (Lipinski definition) is 5. The first-order valence-corrected chi connectivity index (χ1v) is 17.7. The standard InChI is InChI=1S/C37H50N8O7/c1-25(2)34-37(50)40-18-7-12-27-15-16-30(51-3)31(21-27)52-22-33(47)39-17-8-13-28(42-32(46)14-9-19-45-24-38-23-41-45)35(48)43-29(36(49)44-34)20-26-10-5-4-6-11-26/h4-6,10-11,15-16,21,23-25,28-29,34H,7-9,12-14,17-20,22H2,1-3H3,(H,39,47)(H,40,50)(H,42,46)(H,43,48)(H,44,49)/t28-,29-,34+/m0/s1. The Morgan fingerprint density at radius 3 is 2.52 bits per heavy atom. The normalized spacial score (nSPS) is 19.8. The number of rotatable bonds is 9. The molecule has 52 heavy (non-hydrogen) atoms. The largest absolute Gasteiger partial charge is 0.493 e. The predicted molar refractivity (Wildman–Crippen MR) is 192 cm³/mol. The number of hydrogen-bond acceptors (Lipinski definition) is 9. The summed E-state index contributed by atoms with van der Waals surface area (Å²) in [5, 5.41) is 18.3. The molecule has 15 heteroatoms. The van der Waals surface area contributed by atoms with Crippen molar-refractivity contribution in [2.24, 2.45) is 5.92 Å². The molecule has 0 spiro atoms. The second-order valence-corrected chi connectivity index (χ2v) is 13.0. The van der Waals surface area contributed by atoms with Gasteiger partial charge in [0.2, 0.25) is 23.6 Å². The maximum atomic E-state index is 13.9. The van der Waals surface area contributed by atoms with Crippen LogP contribution in [0.15, 0.2) is 61.2 Å². The molecule has 3 atom stereocenters.